The van der Waals surface area contributed by atoms with Crippen molar-refractivity contribution in [2.45, 2.75) is 43.4 Å². The number of nitrogens with one attached hydrogen (secondary N) is 2. The molecule has 138 valence electrons. The van der Waals surface area contributed by atoms with Crippen molar-refractivity contribution in [2.75, 3.05) is 19.3 Å². The molecule has 2 aromatic rings. The molecule has 4 atom stereocenters. The summed E-state index contributed by atoms with van der Waals surface area (Å²) in [5.41, 5.74) is 9.21. The standard InChI is InChI=1S/C14H24N8O3/c1-17-14(22-7-20-9-12(15)18-6-19-13(9)22)11(24)10(23)8(25-14)4-2-3-5-21-16/h6-8,10-11,17,21,23-24H,2-5,16H2,1H3,(H2,15,18,19)/t8-,10-,11-,14+/m1/s1. The number of fused-ring (bicyclic) bond motifs is 1. The van der Waals surface area contributed by atoms with E-state index >= 15 is 0 Å². The van der Waals surface area contributed by atoms with Gasteiger partial charge in [-0.25, -0.2) is 15.0 Å². The van der Waals surface area contributed by atoms with Gasteiger partial charge in [0.15, 0.2) is 11.5 Å². The van der Waals surface area contributed by atoms with E-state index in [4.69, 9.17) is 16.3 Å². The molecule has 0 aromatic carbocycles. The van der Waals surface area contributed by atoms with Crippen LogP contribution in [0, 0.1) is 0 Å². The molecule has 11 heteroatoms. The number of likely N-dealkylation sites (N-methyl/N-ethyl adjacent to an activating group) is 1. The summed E-state index contributed by atoms with van der Waals surface area (Å²) in [4.78, 5) is 12.3. The SMILES string of the molecule is CN[C@@]1(n2cnc3c(N)ncnc32)O[C@H](CCCCNN)[C@@H](O)[C@H]1O. The van der Waals surface area contributed by atoms with Gasteiger partial charge in [0.1, 0.15) is 30.4 Å². The summed E-state index contributed by atoms with van der Waals surface area (Å²) in [5, 5.41) is 24.1. The predicted molar refractivity (Wildman–Crippen MR) is 89.7 cm³/mol. The van der Waals surface area contributed by atoms with Gasteiger partial charge in [-0.05, 0) is 26.3 Å². The Labute approximate surface area is 144 Å². The summed E-state index contributed by atoms with van der Waals surface area (Å²) in [6, 6.07) is 0. The van der Waals surface area contributed by atoms with Crippen LogP contribution in [0.1, 0.15) is 19.3 Å². The number of hydrazine groups is 1. The van der Waals surface area contributed by atoms with Crippen molar-refractivity contribution in [3.05, 3.63) is 12.7 Å². The Morgan fingerprint density at radius 3 is 2.84 bits per heavy atom. The van der Waals surface area contributed by atoms with Gasteiger partial charge in [-0.1, -0.05) is 0 Å². The van der Waals surface area contributed by atoms with E-state index in [2.05, 4.69) is 25.7 Å². The predicted octanol–water partition coefficient (Wildman–Crippen LogP) is -2.01. The monoisotopic (exact) mass is 352 g/mol. The number of rotatable bonds is 7. The molecule has 3 rings (SSSR count). The number of aliphatic hydroxyl groups is 2. The molecule has 1 aliphatic rings. The number of hydrogen-bond acceptors (Lipinski definition) is 10. The van der Waals surface area contributed by atoms with E-state index in [0.29, 0.717) is 24.1 Å². The Bertz CT molecular complexity index is 725. The number of nitrogen functional groups attached to an aromatic ring is 1. The van der Waals surface area contributed by atoms with Crippen LogP contribution in [0.2, 0.25) is 0 Å². The molecule has 0 aliphatic carbocycles. The molecule has 0 unspecified atom stereocenters. The van der Waals surface area contributed by atoms with E-state index in [1.807, 2.05) is 0 Å². The molecule has 2 aromatic heterocycles. The minimum Gasteiger partial charge on any atom is -0.387 e. The Morgan fingerprint density at radius 1 is 1.32 bits per heavy atom. The minimum absolute atomic E-state index is 0.230. The van der Waals surface area contributed by atoms with E-state index < -0.39 is 24.2 Å². The number of imidazole rings is 1. The Balaban J connectivity index is 1.90. The molecular formula is C14H24N8O3. The largest absolute Gasteiger partial charge is 0.387 e. The molecule has 0 spiro atoms. The van der Waals surface area contributed by atoms with Crippen LogP contribution >= 0.6 is 0 Å². The Hall–Kier alpha value is -1.89. The van der Waals surface area contributed by atoms with E-state index in [0.717, 1.165) is 12.8 Å². The summed E-state index contributed by atoms with van der Waals surface area (Å²) in [6.45, 7) is 0.672. The lowest BCUT2D eigenvalue weighted by Gasteiger charge is -2.33. The van der Waals surface area contributed by atoms with Gasteiger partial charge >= 0.3 is 0 Å². The summed E-state index contributed by atoms with van der Waals surface area (Å²) >= 11 is 0. The van der Waals surface area contributed by atoms with Crippen molar-refractivity contribution < 1.29 is 14.9 Å². The highest BCUT2D eigenvalue weighted by Crippen LogP contribution is 2.37. The first-order valence-corrected chi connectivity index (χ1v) is 8.15. The molecule has 1 saturated heterocycles. The van der Waals surface area contributed by atoms with Crippen LogP contribution < -0.4 is 22.3 Å². The molecule has 11 nitrogen and oxygen atoms in total. The summed E-state index contributed by atoms with van der Waals surface area (Å²) in [7, 11) is 1.63. The van der Waals surface area contributed by atoms with Gasteiger partial charge in [-0.3, -0.25) is 21.2 Å². The van der Waals surface area contributed by atoms with E-state index in [9.17, 15) is 10.2 Å². The molecule has 1 aliphatic heterocycles. The quantitative estimate of drug-likeness (QED) is 0.186. The second kappa shape index (κ2) is 7.15. The molecule has 1 fully saturated rings. The number of aromatic nitrogens is 4. The van der Waals surface area contributed by atoms with Crippen LogP contribution in [-0.2, 0) is 10.6 Å². The molecule has 0 bridgehead atoms. The topological polar surface area (TPSA) is 169 Å². The van der Waals surface area contributed by atoms with Crippen LogP contribution in [0.25, 0.3) is 11.2 Å². The van der Waals surface area contributed by atoms with Crippen molar-refractivity contribution in [3.8, 4) is 0 Å². The zero-order valence-electron chi connectivity index (χ0n) is 14.0. The second-order valence-corrected chi connectivity index (χ2v) is 6.03. The fourth-order valence-corrected chi connectivity index (χ4v) is 3.23. The Kier molecular flexibility index (Phi) is 5.13. The summed E-state index contributed by atoms with van der Waals surface area (Å²) < 4.78 is 7.59. The normalized spacial score (nSPS) is 29.5. The van der Waals surface area contributed by atoms with Gasteiger partial charge in [-0.15, -0.1) is 0 Å². The zero-order valence-corrected chi connectivity index (χ0v) is 14.0. The van der Waals surface area contributed by atoms with Crippen molar-refractivity contribution in [1.82, 2.24) is 30.3 Å². The average molecular weight is 352 g/mol. The third-order valence-corrected chi connectivity index (χ3v) is 4.57. The third-order valence-electron chi connectivity index (χ3n) is 4.57. The highest BCUT2D eigenvalue weighted by molar-refractivity contribution is 5.81. The molecule has 3 heterocycles. The van der Waals surface area contributed by atoms with Gasteiger partial charge in [0.25, 0.3) is 0 Å². The summed E-state index contributed by atoms with van der Waals surface area (Å²) in [5.74, 6) is 4.09. The van der Waals surface area contributed by atoms with Crippen molar-refractivity contribution in [1.29, 1.82) is 0 Å². The maximum atomic E-state index is 10.7. The number of nitrogens with zero attached hydrogens (tertiary/aromatic N) is 4. The number of unbranched alkanes of at least 4 members (excludes halogenated alkanes) is 1. The molecule has 0 radical (unpaired) electrons. The van der Waals surface area contributed by atoms with Gasteiger partial charge in [0, 0.05) is 6.54 Å². The molecule has 25 heavy (non-hydrogen) atoms. The van der Waals surface area contributed by atoms with Crippen LogP contribution in [0.5, 0.6) is 0 Å². The van der Waals surface area contributed by atoms with Crippen molar-refractivity contribution in [3.63, 3.8) is 0 Å². The lowest BCUT2D eigenvalue weighted by molar-refractivity contribution is -0.159. The van der Waals surface area contributed by atoms with Crippen LogP contribution in [-0.4, -0.2) is 61.6 Å². The van der Waals surface area contributed by atoms with Crippen LogP contribution in [0.15, 0.2) is 12.7 Å². The number of nitrogens with two attached hydrogens (primary N) is 2. The smallest absolute Gasteiger partial charge is 0.234 e. The lowest BCUT2D eigenvalue weighted by Crippen LogP contribution is -2.54. The Morgan fingerprint density at radius 2 is 2.12 bits per heavy atom. The second-order valence-electron chi connectivity index (χ2n) is 6.03. The number of ether oxygens (including phenoxy) is 1. The van der Waals surface area contributed by atoms with E-state index in [1.165, 1.54) is 17.2 Å². The summed E-state index contributed by atoms with van der Waals surface area (Å²) in [6.07, 6.45) is 2.15. The molecular weight excluding hydrogens is 328 g/mol. The molecule has 8 N–H and O–H groups in total. The minimum atomic E-state index is -1.40. The van der Waals surface area contributed by atoms with Crippen LogP contribution in [0.3, 0.4) is 0 Å². The molecule has 0 amide bonds. The number of anilines is 1. The average Bonchev–Trinajstić information content (AvgIpc) is 3.15. The highest BCUT2D eigenvalue weighted by Gasteiger charge is 2.55. The van der Waals surface area contributed by atoms with E-state index in [1.54, 1.807) is 7.05 Å². The fourth-order valence-electron chi connectivity index (χ4n) is 3.23. The van der Waals surface area contributed by atoms with Gasteiger partial charge < -0.3 is 20.7 Å². The lowest BCUT2D eigenvalue weighted by atomic mass is 10.0. The first kappa shape index (κ1) is 17.9. The highest BCUT2D eigenvalue weighted by atomic mass is 16.6. The third kappa shape index (κ3) is 2.94. The first-order chi connectivity index (χ1) is 12.0. The fraction of sp³-hybridized carbons (Fsp3) is 0.643. The van der Waals surface area contributed by atoms with E-state index in [-0.39, 0.29) is 5.82 Å². The van der Waals surface area contributed by atoms with Crippen LogP contribution in [0.4, 0.5) is 5.82 Å². The van der Waals surface area contributed by atoms with Gasteiger partial charge in [-0.2, -0.15) is 0 Å². The maximum Gasteiger partial charge on any atom is 0.234 e. The molecule has 0 saturated carbocycles. The number of hydrogen-bond donors (Lipinski definition) is 6. The van der Waals surface area contributed by atoms with Crippen molar-refractivity contribution in [2.24, 2.45) is 5.84 Å². The van der Waals surface area contributed by atoms with Gasteiger partial charge in [0.2, 0.25) is 5.85 Å². The maximum absolute atomic E-state index is 10.7. The zero-order chi connectivity index (χ0) is 18.0. The number of aliphatic hydroxyl groups excluding tert-OH is 2. The first-order valence-electron chi connectivity index (χ1n) is 8.15. The van der Waals surface area contributed by atoms with Gasteiger partial charge in [0.05, 0.1) is 6.10 Å². The van der Waals surface area contributed by atoms with Crippen molar-refractivity contribution >= 4 is 17.0 Å².